The van der Waals surface area contributed by atoms with Crippen molar-refractivity contribution >= 4 is 39.0 Å². The van der Waals surface area contributed by atoms with Crippen LogP contribution in [0.2, 0.25) is 0 Å². The van der Waals surface area contributed by atoms with Crippen LogP contribution in [0.3, 0.4) is 0 Å². The number of fused-ring (bicyclic) bond motifs is 1. The first-order valence-electron chi connectivity index (χ1n) is 12.2. The highest BCUT2D eigenvalue weighted by atomic mass is 32.1. The highest BCUT2D eigenvalue weighted by molar-refractivity contribution is 7.20. The minimum atomic E-state index is 0.116. The van der Waals surface area contributed by atoms with Crippen molar-refractivity contribution in [3.05, 3.63) is 40.5 Å². The number of piperidine rings is 1. The number of amides is 1. The number of carbonyl (C=O) groups is 1. The van der Waals surface area contributed by atoms with Gasteiger partial charge in [-0.15, -0.1) is 11.3 Å². The van der Waals surface area contributed by atoms with Crippen molar-refractivity contribution in [2.75, 3.05) is 49.6 Å². The van der Waals surface area contributed by atoms with Gasteiger partial charge in [-0.05, 0) is 69.9 Å². The van der Waals surface area contributed by atoms with E-state index < -0.39 is 0 Å². The van der Waals surface area contributed by atoms with Crippen LogP contribution in [0, 0.1) is 13.8 Å². The van der Waals surface area contributed by atoms with Gasteiger partial charge in [0.1, 0.15) is 22.2 Å². The molecule has 2 saturated heterocycles. The van der Waals surface area contributed by atoms with Crippen LogP contribution < -0.4 is 14.5 Å². The summed E-state index contributed by atoms with van der Waals surface area (Å²) in [7, 11) is 1.68. The summed E-state index contributed by atoms with van der Waals surface area (Å²) in [5.41, 5.74) is 2.19. The first kappa shape index (κ1) is 22.9. The number of aromatic nitrogens is 2. The molecule has 8 heteroatoms. The molecule has 5 rings (SSSR count). The van der Waals surface area contributed by atoms with Crippen LogP contribution in [0.1, 0.15) is 47.2 Å². The van der Waals surface area contributed by atoms with Gasteiger partial charge in [0.2, 0.25) is 0 Å². The van der Waals surface area contributed by atoms with Crippen molar-refractivity contribution in [1.82, 2.24) is 14.9 Å². The molecule has 2 aromatic heterocycles. The fraction of sp³-hybridized carbons (Fsp3) is 0.500. The number of piperazine rings is 1. The smallest absolute Gasteiger partial charge is 0.264 e. The number of benzene rings is 1. The lowest BCUT2D eigenvalue weighted by Crippen LogP contribution is -2.48. The average Bonchev–Trinajstić information content (AvgIpc) is 3.19. The first-order chi connectivity index (χ1) is 16.5. The highest BCUT2D eigenvalue weighted by Crippen LogP contribution is 2.38. The fourth-order valence-electron chi connectivity index (χ4n) is 5.15. The maximum absolute atomic E-state index is 13.6. The van der Waals surface area contributed by atoms with Crippen LogP contribution in [0.25, 0.3) is 10.2 Å². The fourth-order valence-corrected chi connectivity index (χ4v) is 6.34. The van der Waals surface area contributed by atoms with Crippen molar-refractivity contribution in [3.63, 3.8) is 0 Å². The molecule has 180 valence electrons. The maximum atomic E-state index is 13.6. The molecule has 1 aromatic carbocycles. The Morgan fingerprint density at radius 2 is 1.76 bits per heavy atom. The number of carbonyl (C=O) groups excluding carboxylic acids is 1. The number of thiophene rings is 1. The van der Waals surface area contributed by atoms with E-state index in [9.17, 15) is 4.79 Å². The summed E-state index contributed by atoms with van der Waals surface area (Å²) >= 11 is 1.52. The van der Waals surface area contributed by atoms with Crippen LogP contribution in [0.5, 0.6) is 5.75 Å². The van der Waals surface area contributed by atoms with Crippen molar-refractivity contribution in [1.29, 1.82) is 0 Å². The molecule has 34 heavy (non-hydrogen) atoms. The van der Waals surface area contributed by atoms with Crippen LogP contribution in [-0.2, 0) is 0 Å². The predicted octanol–water partition coefficient (Wildman–Crippen LogP) is 4.66. The molecule has 0 radical (unpaired) electrons. The molecular formula is C26H33N5O2S. The second-order valence-corrected chi connectivity index (χ2v) is 10.3. The molecule has 4 heterocycles. The topological polar surface area (TPSA) is 61.8 Å². The van der Waals surface area contributed by atoms with E-state index in [0.717, 1.165) is 63.4 Å². The Labute approximate surface area is 205 Å². The van der Waals surface area contributed by atoms with Gasteiger partial charge < -0.3 is 19.4 Å². The summed E-state index contributed by atoms with van der Waals surface area (Å²) in [5.74, 6) is 2.75. The predicted molar refractivity (Wildman–Crippen MR) is 139 cm³/mol. The Bertz CT molecular complexity index is 1180. The van der Waals surface area contributed by atoms with Gasteiger partial charge in [0, 0.05) is 44.5 Å². The lowest BCUT2D eigenvalue weighted by molar-refractivity contribution is 0.0751. The zero-order valence-corrected chi connectivity index (χ0v) is 21.3. The molecule has 0 aliphatic carbocycles. The minimum Gasteiger partial charge on any atom is -0.497 e. The zero-order valence-electron chi connectivity index (χ0n) is 20.5. The van der Waals surface area contributed by atoms with Crippen molar-refractivity contribution in [3.8, 4) is 5.75 Å². The van der Waals surface area contributed by atoms with E-state index >= 15 is 0 Å². The van der Waals surface area contributed by atoms with E-state index in [1.165, 1.54) is 30.6 Å². The van der Waals surface area contributed by atoms with Gasteiger partial charge in [-0.3, -0.25) is 4.79 Å². The molecule has 2 aliphatic rings. The maximum Gasteiger partial charge on any atom is 0.264 e. The number of anilines is 2. The molecule has 1 atom stereocenters. The van der Waals surface area contributed by atoms with E-state index in [4.69, 9.17) is 14.7 Å². The first-order valence-corrected chi connectivity index (χ1v) is 13.0. The zero-order chi connectivity index (χ0) is 23.8. The number of ether oxygens (including phenoxy) is 1. The third kappa shape index (κ3) is 4.19. The minimum absolute atomic E-state index is 0.116. The van der Waals surface area contributed by atoms with Gasteiger partial charge >= 0.3 is 0 Å². The number of nitrogens with zero attached hydrogens (tertiary/aromatic N) is 5. The number of rotatable bonds is 4. The Hall–Kier alpha value is -2.87. The Morgan fingerprint density at radius 1 is 1.03 bits per heavy atom. The Morgan fingerprint density at radius 3 is 2.44 bits per heavy atom. The summed E-state index contributed by atoms with van der Waals surface area (Å²) in [6.07, 6.45) is 3.63. The number of hydrogen-bond donors (Lipinski definition) is 0. The van der Waals surface area contributed by atoms with Crippen LogP contribution in [0.15, 0.2) is 24.3 Å². The van der Waals surface area contributed by atoms with Gasteiger partial charge in [0.05, 0.1) is 17.4 Å². The molecule has 7 nitrogen and oxygen atoms in total. The quantitative estimate of drug-likeness (QED) is 0.543. The number of aryl methyl sites for hydroxylation is 2. The van der Waals surface area contributed by atoms with Gasteiger partial charge in [-0.1, -0.05) is 0 Å². The molecule has 0 spiro atoms. The number of methoxy groups -OCH3 is 1. The van der Waals surface area contributed by atoms with E-state index in [2.05, 4.69) is 35.8 Å². The lowest BCUT2D eigenvalue weighted by Gasteiger charge is -2.36. The van der Waals surface area contributed by atoms with E-state index in [1.54, 1.807) is 7.11 Å². The molecule has 0 bridgehead atoms. The van der Waals surface area contributed by atoms with Crippen LogP contribution in [-0.4, -0.2) is 66.7 Å². The van der Waals surface area contributed by atoms with Crippen molar-refractivity contribution < 1.29 is 9.53 Å². The second kappa shape index (κ2) is 9.41. The normalized spacial score (nSPS) is 19.1. The molecule has 0 N–H and O–H groups in total. The standard InChI is InChI=1S/C26H33N5O2S/c1-17-7-5-6-12-31(17)24-22-18(2)23(34-25(22)28-19(3)27-24)26(32)30-15-13-29(14-16-30)20-8-10-21(33-4)11-9-20/h8-11,17H,5-7,12-16H2,1-4H3/t17-/m1/s1. The second-order valence-electron chi connectivity index (χ2n) is 9.35. The van der Waals surface area contributed by atoms with Gasteiger partial charge in [0.15, 0.2) is 0 Å². The van der Waals surface area contributed by atoms with E-state index in [-0.39, 0.29) is 5.91 Å². The molecule has 0 saturated carbocycles. The largest absolute Gasteiger partial charge is 0.497 e. The molecule has 3 aromatic rings. The third-order valence-corrected chi connectivity index (χ3v) is 8.33. The molecule has 2 fully saturated rings. The van der Waals surface area contributed by atoms with Gasteiger partial charge in [-0.25, -0.2) is 9.97 Å². The lowest BCUT2D eigenvalue weighted by atomic mass is 10.0. The monoisotopic (exact) mass is 479 g/mol. The third-order valence-electron chi connectivity index (χ3n) is 7.16. The summed E-state index contributed by atoms with van der Waals surface area (Å²) in [4.78, 5) is 31.6. The molecule has 2 aliphatic heterocycles. The van der Waals surface area contributed by atoms with Gasteiger partial charge in [0.25, 0.3) is 5.91 Å². The number of hydrogen-bond acceptors (Lipinski definition) is 7. The Kier molecular flexibility index (Phi) is 6.34. The van der Waals surface area contributed by atoms with Crippen LogP contribution in [0.4, 0.5) is 11.5 Å². The SMILES string of the molecule is COc1ccc(N2CCN(C(=O)c3sc4nc(C)nc(N5CCCC[C@H]5C)c4c3C)CC2)cc1. The van der Waals surface area contributed by atoms with Gasteiger partial charge in [-0.2, -0.15) is 0 Å². The summed E-state index contributed by atoms with van der Waals surface area (Å²) in [6, 6.07) is 8.58. The van der Waals surface area contributed by atoms with E-state index in [0.29, 0.717) is 19.1 Å². The highest BCUT2D eigenvalue weighted by Gasteiger charge is 2.29. The summed E-state index contributed by atoms with van der Waals surface area (Å²) < 4.78 is 5.27. The Balaban J connectivity index is 1.37. The average molecular weight is 480 g/mol. The summed E-state index contributed by atoms with van der Waals surface area (Å²) in [6.45, 7) is 10.4. The molecule has 1 amide bonds. The van der Waals surface area contributed by atoms with Crippen LogP contribution >= 0.6 is 11.3 Å². The molecule has 0 unspecified atom stereocenters. The van der Waals surface area contributed by atoms with Crippen molar-refractivity contribution in [2.45, 2.75) is 46.1 Å². The van der Waals surface area contributed by atoms with E-state index in [1.807, 2.05) is 24.0 Å². The van der Waals surface area contributed by atoms with Crippen molar-refractivity contribution in [2.24, 2.45) is 0 Å². The molecular weight excluding hydrogens is 446 g/mol. The summed E-state index contributed by atoms with van der Waals surface area (Å²) in [5, 5.41) is 1.06.